The number of hydrogen-bond donors (Lipinski definition) is 3. The summed E-state index contributed by atoms with van der Waals surface area (Å²) in [5, 5.41) is 11.8. The molecule has 0 spiro atoms. The van der Waals surface area contributed by atoms with Crippen LogP contribution < -0.4 is 11.1 Å². The van der Waals surface area contributed by atoms with E-state index in [9.17, 15) is 14.7 Å². The van der Waals surface area contributed by atoms with Gasteiger partial charge in [0, 0.05) is 6.42 Å². The third-order valence-electron chi connectivity index (χ3n) is 5.12. The summed E-state index contributed by atoms with van der Waals surface area (Å²) in [4.78, 5) is 23.1. The summed E-state index contributed by atoms with van der Waals surface area (Å²) in [5.41, 5.74) is 5.43. The van der Waals surface area contributed by atoms with E-state index >= 15 is 0 Å². The van der Waals surface area contributed by atoms with E-state index in [0.717, 1.165) is 51.4 Å². The molecule has 0 aliphatic rings. The number of carbonyl (C=O) groups excluding carboxylic acids is 1. The van der Waals surface area contributed by atoms with Crippen LogP contribution in [0.15, 0.2) is 36.5 Å². The van der Waals surface area contributed by atoms with Gasteiger partial charge < -0.3 is 16.2 Å². The number of amides is 1. The maximum absolute atomic E-state index is 11.9. The third-order valence-corrected chi connectivity index (χ3v) is 5.12. The fourth-order valence-electron chi connectivity index (χ4n) is 3.21. The van der Waals surface area contributed by atoms with Gasteiger partial charge in [-0.05, 0) is 70.8 Å². The molecule has 0 aliphatic heterocycles. The lowest BCUT2D eigenvalue weighted by Gasteiger charge is -2.14. The molecule has 0 bridgehead atoms. The smallest absolute Gasteiger partial charge is 0.326 e. The van der Waals surface area contributed by atoms with Crippen molar-refractivity contribution >= 4 is 11.9 Å². The Kier molecular flexibility index (Phi) is 21.4. The molecule has 31 heavy (non-hydrogen) atoms. The van der Waals surface area contributed by atoms with Crippen molar-refractivity contribution in [1.82, 2.24) is 5.32 Å². The number of nitrogens with one attached hydrogen (secondary N) is 1. The van der Waals surface area contributed by atoms with Crippen LogP contribution in [0.3, 0.4) is 0 Å². The molecule has 0 aliphatic carbocycles. The fraction of sp³-hybridized carbons (Fsp3) is 0.692. The number of allylic oxidation sites excluding steroid dienone is 6. The highest BCUT2D eigenvalue weighted by molar-refractivity contribution is 5.83. The van der Waals surface area contributed by atoms with E-state index in [2.05, 4.69) is 48.7 Å². The summed E-state index contributed by atoms with van der Waals surface area (Å²) in [7, 11) is 0. The van der Waals surface area contributed by atoms with Crippen LogP contribution in [0, 0.1) is 0 Å². The summed E-state index contributed by atoms with van der Waals surface area (Å²) in [6.45, 7) is 2.78. The number of hydrogen-bond acceptors (Lipinski definition) is 3. The summed E-state index contributed by atoms with van der Waals surface area (Å²) >= 11 is 0. The molecule has 0 radical (unpaired) electrons. The highest BCUT2D eigenvalue weighted by Gasteiger charge is 2.18. The van der Waals surface area contributed by atoms with Crippen LogP contribution in [0.5, 0.6) is 0 Å². The summed E-state index contributed by atoms with van der Waals surface area (Å²) in [5.74, 6) is -1.13. The SMILES string of the molecule is CCCCC/C=C\C/C=C\C/C=C\CCCCCCC(=O)N[C@@H](CCCCN)C(=O)O. The van der Waals surface area contributed by atoms with Crippen LogP contribution in [0.2, 0.25) is 0 Å². The van der Waals surface area contributed by atoms with Gasteiger partial charge in [-0.25, -0.2) is 4.79 Å². The Labute approximate surface area is 190 Å². The fourth-order valence-corrected chi connectivity index (χ4v) is 3.21. The van der Waals surface area contributed by atoms with Gasteiger partial charge in [-0.2, -0.15) is 0 Å². The standard InChI is InChI=1S/C26H46N2O3/c1-2-3-4-5-6-7-8-9-10-11-12-13-14-15-16-17-18-22-25(29)28-24(26(30)31)21-19-20-23-27/h6-7,9-10,12-13,24H,2-5,8,11,14-23,27H2,1H3,(H,28,29)(H,30,31)/b7-6-,10-9-,13-12-/t24-/m0/s1. The molecule has 1 atom stereocenters. The zero-order valence-electron chi connectivity index (χ0n) is 19.7. The van der Waals surface area contributed by atoms with Gasteiger partial charge in [0.25, 0.3) is 0 Å². The average Bonchev–Trinajstić information content (AvgIpc) is 2.75. The van der Waals surface area contributed by atoms with Crippen molar-refractivity contribution in [2.75, 3.05) is 6.54 Å². The predicted molar refractivity (Wildman–Crippen MR) is 131 cm³/mol. The van der Waals surface area contributed by atoms with Gasteiger partial charge in [0.2, 0.25) is 5.91 Å². The van der Waals surface area contributed by atoms with Gasteiger partial charge in [0.05, 0.1) is 0 Å². The van der Waals surface area contributed by atoms with Crippen LogP contribution in [0.25, 0.3) is 0 Å². The highest BCUT2D eigenvalue weighted by Crippen LogP contribution is 2.08. The number of aliphatic carboxylic acids is 1. The van der Waals surface area contributed by atoms with Gasteiger partial charge in [-0.1, -0.05) is 69.1 Å². The molecule has 0 aromatic rings. The normalized spacial score (nSPS) is 12.8. The van der Waals surface area contributed by atoms with Crippen LogP contribution in [0.1, 0.15) is 103 Å². The van der Waals surface area contributed by atoms with Gasteiger partial charge in [0.1, 0.15) is 6.04 Å². The Morgan fingerprint density at radius 3 is 1.97 bits per heavy atom. The molecule has 5 nitrogen and oxygen atoms in total. The predicted octanol–water partition coefficient (Wildman–Crippen LogP) is 6.05. The van der Waals surface area contributed by atoms with E-state index in [1.165, 1.54) is 25.7 Å². The van der Waals surface area contributed by atoms with Gasteiger partial charge >= 0.3 is 5.97 Å². The Balaban J connectivity index is 3.61. The second-order valence-electron chi connectivity index (χ2n) is 8.08. The molecule has 0 aromatic carbocycles. The first-order valence-corrected chi connectivity index (χ1v) is 12.3. The first kappa shape index (κ1) is 29.1. The monoisotopic (exact) mass is 434 g/mol. The van der Waals surface area contributed by atoms with E-state index in [1.54, 1.807) is 0 Å². The number of carboxylic acids is 1. The van der Waals surface area contributed by atoms with Crippen molar-refractivity contribution in [3.63, 3.8) is 0 Å². The van der Waals surface area contributed by atoms with Gasteiger partial charge in [-0.3, -0.25) is 4.79 Å². The van der Waals surface area contributed by atoms with Crippen LogP contribution in [-0.4, -0.2) is 29.6 Å². The molecular formula is C26H46N2O3. The summed E-state index contributed by atoms with van der Waals surface area (Å²) in [6, 6.07) is -0.792. The number of carboxylic acid groups (broad SMARTS) is 1. The van der Waals surface area contributed by atoms with Crippen molar-refractivity contribution in [1.29, 1.82) is 0 Å². The zero-order chi connectivity index (χ0) is 23.0. The number of nitrogens with two attached hydrogens (primary N) is 1. The molecule has 178 valence electrons. The Morgan fingerprint density at radius 1 is 0.806 bits per heavy atom. The van der Waals surface area contributed by atoms with Gasteiger partial charge in [0.15, 0.2) is 0 Å². The molecular weight excluding hydrogens is 388 g/mol. The summed E-state index contributed by atoms with van der Waals surface area (Å²) in [6.07, 6.45) is 27.9. The van der Waals surface area contributed by atoms with Crippen molar-refractivity contribution in [3.05, 3.63) is 36.5 Å². The molecule has 1 amide bonds. The van der Waals surface area contributed by atoms with Crippen molar-refractivity contribution in [2.24, 2.45) is 5.73 Å². The van der Waals surface area contributed by atoms with Crippen molar-refractivity contribution < 1.29 is 14.7 Å². The second-order valence-corrected chi connectivity index (χ2v) is 8.08. The van der Waals surface area contributed by atoms with Crippen LogP contribution in [-0.2, 0) is 9.59 Å². The lowest BCUT2D eigenvalue weighted by Crippen LogP contribution is -2.40. The van der Waals surface area contributed by atoms with E-state index in [0.29, 0.717) is 25.8 Å². The first-order valence-electron chi connectivity index (χ1n) is 12.3. The molecule has 0 saturated carbocycles. The van der Waals surface area contributed by atoms with Gasteiger partial charge in [-0.15, -0.1) is 0 Å². The zero-order valence-corrected chi connectivity index (χ0v) is 19.7. The Morgan fingerprint density at radius 2 is 1.39 bits per heavy atom. The minimum Gasteiger partial charge on any atom is -0.480 e. The second kappa shape index (κ2) is 22.8. The van der Waals surface area contributed by atoms with E-state index in [1.807, 2.05) is 0 Å². The topological polar surface area (TPSA) is 92.4 Å². The third kappa shape index (κ3) is 21.1. The molecule has 0 unspecified atom stereocenters. The number of carbonyl (C=O) groups is 2. The molecule has 0 aromatic heterocycles. The summed E-state index contributed by atoms with van der Waals surface area (Å²) < 4.78 is 0. The molecule has 0 saturated heterocycles. The Bertz CT molecular complexity index is 527. The Hall–Kier alpha value is -1.88. The van der Waals surface area contributed by atoms with E-state index in [4.69, 9.17) is 5.73 Å². The molecule has 0 fully saturated rings. The van der Waals surface area contributed by atoms with Crippen molar-refractivity contribution in [3.8, 4) is 0 Å². The quantitative estimate of drug-likeness (QED) is 0.151. The first-order chi connectivity index (χ1) is 15.1. The van der Waals surface area contributed by atoms with E-state index in [-0.39, 0.29) is 5.91 Å². The lowest BCUT2D eigenvalue weighted by molar-refractivity contribution is -0.142. The minimum atomic E-state index is -0.967. The molecule has 0 heterocycles. The maximum Gasteiger partial charge on any atom is 0.326 e. The minimum absolute atomic E-state index is 0.164. The number of unbranched alkanes of at least 4 members (excludes halogenated alkanes) is 8. The van der Waals surface area contributed by atoms with Crippen LogP contribution >= 0.6 is 0 Å². The van der Waals surface area contributed by atoms with E-state index < -0.39 is 12.0 Å². The largest absolute Gasteiger partial charge is 0.480 e. The lowest BCUT2D eigenvalue weighted by atomic mass is 10.1. The molecule has 4 N–H and O–H groups in total. The molecule has 5 heteroatoms. The number of rotatable bonds is 21. The van der Waals surface area contributed by atoms with Crippen LogP contribution in [0.4, 0.5) is 0 Å². The average molecular weight is 435 g/mol. The highest BCUT2D eigenvalue weighted by atomic mass is 16.4. The van der Waals surface area contributed by atoms with Crippen molar-refractivity contribution in [2.45, 2.75) is 109 Å². The maximum atomic E-state index is 11.9. The molecule has 0 rings (SSSR count).